The average Bonchev–Trinajstić information content (AvgIpc) is 1.10. The van der Waals surface area contributed by atoms with E-state index in [0.29, 0.717) is 18.4 Å². The molecule has 3 aliphatic rings. The van der Waals surface area contributed by atoms with Crippen LogP contribution in [-0.4, -0.2) is 320 Å². The van der Waals surface area contributed by atoms with Crippen LogP contribution in [0.2, 0.25) is 0 Å². The number of nitrogens with two attached hydrogens (primary N) is 6. The summed E-state index contributed by atoms with van der Waals surface area (Å²) in [6.07, 6.45) is 1.08. The van der Waals surface area contributed by atoms with E-state index in [2.05, 4.69) is 47.2 Å². The van der Waals surface area contributed by atoms with Crippen LogP contribution in [0.5, 0.6) is 5.75 Å². The lowest BCUT2D eigenvalue weighted by Gasteiger charge is -2.42. The van der Waals surface area contributed by atoms with E-state index in [9.17, 15) is 83.4 Å². The summed E-state index contributed by atoms with van der Waals surface area (Å²) < 4.78 is 0. The molecule has 0 aromatic heterocycles. The lowest BCUT2D eigenvalue weighted by Crippen LogP contribution is -2.66. The number of guanidine groups is 3. The van der Waals surface area contributed by atoms with Crippen molar-refractivity contribution in [3.63, 3.8) is 0 Å². The number of aliphatic imine (C=N–C) groups is 2. The number of phenols is 1. The van der Waals surface area contributed by atoms with Crippen LogP contribution in [-0.2, 0) is 73.5 Å². The molecule has 3 saturated heterocycles. The number of nitrogens with one attached hydrogen (secondary N) is 8. The molecule has 0 saturated carbocycles. The Labute approximate surface area is 649 Å². The van der Waals surface area contributed by atoms with Crippen molar-refractivity contribution in [3.05, 3.63) is 29.8 Å². The molecule has 3 heterocycles. The third-order valence-corrected chi connectivity index (χ3v) is 19.1. The first-order chi connectivity index (χ1) is 52.7. The van der Waals surface area contributed by atoms with Crippen LogP contribution >= 0.6 is 0 Å². The SMILES string of the molecule is CC(C)C[C@H](NC(=O)[C@@H](NC(=O)[C@H](Cc1ccc(O)cc1)NC(=O)[C@@H]1CCN1C(=O)[C@H](CCCN=C(N)N)NC(=O)[C@@H](NC(=O)[C@H](CCCN=C(N)N)NC(=O)[C@@H]1CCCN1C(=O)[C@@H](CCCCN)NC(=O)CN(CCN(CCN(CC(=O)O)CC(=O)O)CC(=O)O)CC(=O)O)C1CCN(C(=N)N)CC1)C(C)(C)C)C(=O)O. The van der Waals surface area contributed by atoms with Gasteiger partial charge in [0.15, 0.2) is 17.9 Å². The zero-order valence-electron chi connectivity index (χ0n) is 64.3. The molecule has 626 valence electrons. The third-order valence-electron chi connectivity index (χ3n) is 19.1. The minimum atomic E-state index is -1.49. The van der Waals surface area contributed by atoms with Crippen molar-refractivity contribution in [2.45, 2.75) is 179 Å². The average molecular weight is 1590 g/mol. The summed E-state index contributed by atoms with van der Waals surface area (Å²) in [6.45, 7) is 4.72. The van der Waals surface area contributed by atoms with Crippen molar-refractivity contribution in [1.82, 2.24) is 66.6 Å². The molecule has 0 bridgehead atoms. The highest BCUT2D eigenvalue weighted by Crippen LogP contribution is 2.27. The third kappa shape index (κ3) is 32.7. The Morgan fingerprint density at radius 3 is 1.47 bits per heavy atom. The zero-order valence-corrected chi connectivity index (χ0v) is 64.3. The van der Waals surface area contributed by atoms with E-state index in [1.165, 1.54) is 39.0 Å². The molecule has 112 heavy (non-hydrogen) atoms. The maximum Gasteiger partial charge on any atom is 0.326 e. The van der Waals surface area contributed by atoms with Gasteiger partial charge in [-0.3, -0.25) is 92.4 Å². The van der Waals surface area contributed by atoms with Crippen molar-refractivity contribution >= 4 is 101 Å². The van der Waals surface area contributed by atoms with Crippen molar-refractivity contribution in [1.29, 1.82) is 5.41 Å². The van der Waals surface area contributed by atoms with Gasteiger partial charge in [0.2, 0.25) is 53.2 Å². The Hall–Kier alpha value is -10.7. The Kier molecular flexibility index (Phi) is 38.6. The molecular formula is C70H116N22O20. The molecule has 3 aliphatic heterocycles. The number of amides is 9. The Bertz CT molecular complexity index is 3460. The van der Waals surface area contributed by atoms with Crippen LogP contribution in [0.25, 0.3) is 0 Å². The molecule has 26 N–H and O–H groups in total. The maximum absolute atomic E-state index is 15.3. The molecule has 3 fully saturated rings. The number of aliphatic carboxylic acids is 5. The summed E-state index contributed by atoms with van der Waals surface area (Å²) in [5.74, 6) is -15.8. The van der Waals surface area contributed by atoms with E-state index in [-0.39, 0.29) is 179 Å². The summed E-state index contributed by atoms with van der Waals surface area (Å²) >= 11 is 0. The largest absolute Gasteiger partial charge is 0.508 e. The Morgan fingerprint density at radius 2 is 0.991 bits per heavy atom. The van der Waals surface area contributed by atoms with Crippen LogP contribution in [0.15, 0.2) is 34.3 Å². The number of benzene rings is 1. The predicted octanol–water partition coefficient (Wildman–Crippen LogP) is -5.82. The highest BCUT2D eigenvalue weighted by Gasteiger charge is 2.46. The van der Waals surface area contributed by atoms with Gasteiger partial charge in [0, 0.05) is 71.9 Å². The van der Waals surface area contributed by atoms with E-state index in [4.69, 9.17) is 39.8 Å². The number of carbonyl (C=O) groups is 14. The molecule has 0 radical (unpaired) electrons. The predicted molar refractivity (Wildman–Crippen MR) is 406 cm³/mol. The van der Waals surface area contributed by atoms with Crippen molar-refractivity contribution in [3.8, 4) is 5.75 Å². The summed E-state index contributed by atoms with van der Waals surface area (Å²) in [4.78, 5) is 207. The van der Waals surface area contributed by atoms with Gasteiger partial charge in [-0.05, 0) is 125 Å². The highest BCUT2D eigenvalue weighted by atomic mass is 16.4. The number of likely N-dealkylation sites (tertiary alicyclic amines) is 3. The maximum atomic E-state index is 15.3. The number of carbonyl (C=O) groups excluding carboxylic acids is 9. The van der Waals surface area contributed by atoms with Crippen LogP contribution < -0.4 is 71.6 Å². The van der Waals surface area contributed by atoms with Crippen molar-refractivity contribution in [2.24, 2.45) is 61.6 Å². The van der Waals surface area contributed by atoms with E-state index >= 15 is 14.4 Å². The first-order valence-corrected chi connectivity index (χ1v) is 37.3. The summed E-state index contributed by atoms with van der Waals surface area (Å²) in [5.41, 5.74) is 33.7. The number of carboxylic acid groups (broad SMARTS) is 5. The number of aromatic hydroxyl groups is 1. The smallest absolute Gasteiger partial charge is 0.326 e. The topological polar surface area (TPSA) is 669 Å². The standard InChI is InChI=1S/C70H116N22O20/c1-40(2)33-48(66(111)112)84-63(108)57(70(3,4)5)86-59(104)47(34-41-15-17-43(93)18-16-41)83-61(106)50-21-28-92(50)65(110)46(13-9-24-79-68(74)75)82-62(107)56(42-19-26-90(27-20-42)69(76)77)85-58(103)44(12-8-23-78-67(72)73)81-60(105)49-14-10-25-91(49)64(109)45(11-6-7-22-71)80-51(94)35-88(37-53(97)98)31-29-87(36-52(95)96)30-32-89(38-54(99)100)39-55(101)102/h15-18,40,42,44-50,56-57,93H,6-14,19-39,71H2,1-5H3,(H3,76,77)(H,80,94)(H,81,105)(H,82,107)(H,83,106)(H,84,108)(H,85,103)(H,86,104)(H,95,96)(H,97,98)(H,99,100)(H,101,102)(H,111,112)(H4,72,73,78)(H4,74,75,79)/t44-,45+,46-,47-,48-,49-,50-,56-,57+/m0/s1. The normalized spacial score (nSPS) is 16.9. The van der Waals surface area contributed by atoms with E-state index in [1.807, 2.05) is 0 Å². The zero-order chi connectivity index (χ0) is 83.7. The second-order valence-corrected chi connectivity index (χ2v) is 29.7. The Morgan fingerprint density at radius 1 is 0.527 bits per heavy atom. The number of nitrogens with zero attached hydrogens (tertiary/aromatic N) is 8. The number of hydrogen-bond donors (Lipinski definition) is 20. The number of carboxylic acids is 5. The fraction of sp³-hybridized carbons (Fsp3) is 0.671. The molecule has 4 rings (SSSR count). The van der Waals surface area contributed by atoms with Crippen molar-refractivity contribution < 1.29 is 97.8 Å². The second-order valence-electron chi connectivity index (χ2n) is 29.7. The number of unbranched alkanes of at least 4 members (excludes halogenated alkanes) is 1. The summed E-state index contributed by atoms with van der Waals surface area (Å²) in [7, 11) is 0. The molecule has 0 spiro atoms. The van der Waals surface area contributed by atoms with Crippen LogP contribution in [0, 0.1) is 22.7 Å². The summed E-state index contributed by atoms with van der Waals surface area (Å²) in [5, 5.41) is 85.3. The van der Waals surface area contributed by atoms with Crippen molar-refractivity contribution in [2.75, 3.05) is 105 Å². The minimum absolute atomic E-state index is 0.00563. The molecule has 0 unspecified atom stereocenters. The van der Waals surface area contributed by atoms with E-state index < -0.39 is 181 Å². The lowest BCUT2D eigenvalue weighted by molar-refractivity contribution is -0.151. The molecule has 42 nitrogen and oxygen atoms in total. The highest BCUT2D eigenvalue weighted by molar-refractivity contribution is 5.99. The van der Waals surface area contributed by atoms with Gasteiger partial charge >= 0.3 is 29.8 Å². The Balaban J connectivity index is 1.66. The molecule has 9 atom stereocenters. The van der Waals surface area contributed by atoms with Gasteiger partial charge in [-0.15, -0.1) is 0 Å². The first-order valence-electron chi connectivity index (χ1n) is 37.3. The fourth-order valence-electron chi connectivity index (χ4n) is 13.2. The molecular weight excluding hydrogens is 1470 g/mol. The van der Waals surface area contributed by atoms with Crippen LogP contribution in [0.3, 0.4) is 0 Å². The fourth-order valence-corrected chi connectivity index (χ4v) is 13.2. The van der Waals surface area contributed by atoms with Crippen LogP contribution in [0.1, 0.15) is 124 Å². The lowest BCUT2D eigenvalue weighted by atomic mass is 9.85. The van der Waals surface area contributed by atoms with Gasteiger partial charge in [-0.1, -0.05) is 46.8 Å². The van der Waals surface area contributed by atoms with Gasteiger partial charge in [0.25, 0.3) is 0 Å². The van der Waals surface area contributed by atoms with Gasteiger partial charge < -0.3 is 117 Å². The second kappa shape index (κ2) is 46.2. The number of phenolic OH excluding ortho intramolecular Hbond substituents is 1. The van der Waals surface area contributed by atoms with Gasteiger partial charge in [0.1, 0.15) is 60.1 Å². The molecule has 9 amide bonds. The quantitative estimate of drug-likeness (QED) is 0.0164. The minimum Gasteiger partial charge on any atom is -0.508 e. The molecule has 1 aromatic rings. The van der Waals surface area contributed by atoms with E-state index in [0.717, 1.165) is 9.80 Å². The summed E-state index contributed by atoms with van der Waals surface area (Å²) in [6, 6.07) is -6.59. The number of piperidine rings is 1. The van der Waals surface area contributed by atoms with Gasteiger partial charge in [-0.2, -0.15) is 0 Å². The first kappa shape index (κ1) is 93.6. The monoisotopic (exact) mass is 1580 g/mol. The molecule has 42 heteroatoms. The number of hydrogen-bond acceptors (Lipinski definition) is 22. The molecule has 1 aromatic carbocycles. The van der Waals surface area contributed by atoms with Crippen LogP contribution in [0.4, 0.5) is 0 Å². The van der Waals surface area contributed by atoms with Gasteiger partial charge in [0.05, 0.1) is 32.7 Å². The van der Waals surface area contributed by atoms with E-state index in [1.54, 1.807) is 39.5 Å². The molecule has 0 aliphatic carbocycles. The van der Waals surface area contributed by atoms with Gasteiger partial charge in [-0.25, -0.2) is 4.79 Å². The number of rotatable bonds is 49.